The number of anilines is 1. The number of pyridine rings is 1. The molecule has 1 heterocycles. The molecule has 0 bridgehead atoms. The number of rotatable bonds is 3. The van der Waals surface area contributed by atoms with Crippen LogP contribution in [0.1, 0.15) is 22.8 Å². The summed E-state index contributed by atoms with van der Waals surface area (Å²) in [7, 11) is 0. The number of carbonyl (C=O) groups excluding carboxylic acids is 1. The molecule has 3 nitrogen and oxygen atoms in total. The minimum absolute atomic E-state index is 0.317. The van der Waals surface area contributed by atoms with E-state index in [-0.39, 0.29) is 5.56 Å². The van der Waals surface area contributed by atoms with E-state index in [0.29, 0.717) is 12.2 Å². The molecule has 104 valence electrons. The topological polar surface area (TPSA) is 33.2 Å². The van der Waals surface area contributed by atoms with Crippen LogP contribution in [0, 0.1) is 18.7 Å². The van der Waals surface area contributed by atoms with Gasteiger partial charge >= 0.3 is 0 Å². The number of carbonyl (C=O) groups is 1. The van der Waals surface area contributed by atoms with Crippen molar-refractivity contribution in [2.75, 3.05) is 11.4 Å². The largest absolute Gasteiger partial charge is 0.308 e. The Morgan fingerprint density at radius 3 is 2.60 bits per heavy atom. The fourth-order valence-electron chi connectivity index (χ4n) is 2.02. The molecular weight excluding hydrogens is 262 g/mol. The summed E-state index contributed by atoms with van der Waals surface area (Å²) in [4.78, 5) is 17.0. The van der Waals surface area contributed by atoms with Crippen LogP contribution in [0.15, 0.2) is 36.5 Å². The number of para-hydroxylation sites is 1. The van der Waals surface area contributed by atoms with Crippen molar-refractivity contribution in [3.63, 3.8) is 0 Å². The molecule has 0 unspecified atom stereocenters. The van der Waals surface area contributed by atoms with Gasteiger partial charge in [0.25, 0.3) is 5.91 Å². The number of amides is 1. The normalized spacial score (nSPS) is 10.4. The number of aromatic nitrogens is 1. The minimum Gasteiger partial charge on any atom is -0.308 e. The summed E-state index contributed by atoms with van der Waals surface area (Å²) in [5.41, 5.74) is 1.25. The van der Waals surface area contributed by atoms with E-state index in [1.54, 1.807) is 19.1 Å². The third-order valence-corrected chi connectivity index (χ3v) is 3.04. The average Bonchev–Trinajstić information content (AvgIpc) is 2.44. The van der Waals surface area contributed by atoms with Crippen molar-refractivity contribution in [3.05, 3.63) is 59.4 Å². The highest BCUT2D eigenvalue weighted by atomic mass is 19.2. The summed E-state index contributed by atoms with van der Waals surface area (Å²) in [6.07, 6.45) is 1.08. The Morgan fingerprint density at radius 1 is 1.25 bits per heavy atom. The molecule has 1 aromatic heterocycles. The SMILES string of the molecule is CCN(C(=O)c1ccnc(F)c1F)c1ccccc1C. The second kappa shape index (κ2) is 5.77. The van der Waals surface area contributed by atoms with Gasteiger partial charge < -0.3 is 4.90 Å². The first kappa shape index (κ1) is 14.1. The maximum Gasteiger partial charge on any atom is 0.261 e. The molecule has 0 saturated heterocycles. The van der Waals surface area contributed by atoms with Crippen molar-refractivity contribution in [2.24, 2.45) is 0 Å². The summed E-state index contributed by atoms with van der Waals surface area (Å²) in [6.45, 7) is 3.99. The highest BCUT2D eigenvalue weighted by Crippen LogP contribution is 2.22. The van der Waals surface area contributed by atoms with Gasteiger partial charge in [-0.25, -0.2) is 9.37 Å². The second-order valence-electron chi connectivity index (χ2n) is 4.30. The number of nitrogens with zero attached hydrogens (tertiary/aromatic N) is 2. The average molecular weight is 276 g/mol. The number of halogens is 2. The van der Waals surface area contributed by atoms with Crippen LogP contribution in [0.4, 0.5) is 14.5 Å². The molecule has 0 saturated carbocycles. The Bertz CT molecular complexity index is 644. The fourth-order valence-corrected chi connectivity index (χ4v) is 2.02. The van der Waals surface area contributed by atoms with Gasteiger partial charge in [0, 0.05) is 18.4 Å². The molecule has 0 radical (unpaired) electrons. The predicted molar refractivity (Wildman–Crippen MR) is 72.7 cm³/mol. The zero-order chi connectivity index (χ0) is 14.7. The standard InChI is InChI=1S/C15H14F2N2O/c1-3-19(12-7-5-4-6-10(12)2)15(20)11-8-9-18-14(17)13(11)16/h4-9H,3H2,1-2H3. The van der Waals surface area contributed by atoms with Crippen LogP contribution in [-0.2, 0) is 0 Å². The Hall–Kier alpha value is -2.30. The van der Waals surface area contributed by atoms with E-state index < -0.39 is 17.7 Å². The van der Waals surface area contributed by atoms with E-state index in [0.717, 1.165) is 11.8 Å². The van der Waals surface area contributed by atoms with Gasteiger partial charge in [-0.1, -0.05) is 18.2 Å². The van der Waals surface area contributed by atoms with Crippen LogP contribution in [0.3, 0.4) is 0 Å². The Morgan fingerprint density at radius 2 is 1.95 bits per heavy atom. The lowest BCUT2D eigenvalue weighted by atomic mass is 10.1. The van der Waals surface area contributed by atoms with Crippen LogP contribution < -0.4 is 4.90 Å². The molecule has 5 heteroatoms. The Labute approximate surface area is 115 Å². The first-order valence-electron chi connectivity index (χ1n) is 6.23. The molecule has 20 heavy (non-hydrogen) atoms. The van der Waals surface area contributed by atoms with Crippen LogP contribution in [0.5, 0.6) is 0 Å². The van der Waals surface area contributed by atoms with Gasteiger partial charge in [-0.05, 0) is 31.5 Å². The van der Waals surface area contributed by atoms with E-state index in [1.165, 1.54) is 11.0 Å². The van der Waals surface area contributed by atoms with Crippen molar-refractivity contribution in [3.8, 4) is 0 Å². The molecule has 2 rings (SSSR count). The number of benzene rings is 1. The van der Waals surface area contributed by atoms with Crippen molar-refractivity contribution in [1.82, 2.24) is 4.98 Å². The Kier molecular flexibility index (Phi) is 4.08. The zero-order valence-electron chi connectivity index (χ0n) is 11.2. The van der Waals surface area contributed by atoms with E-state index in [4.69, 9.17) is 0 Å². The van der Waals surface area contributed by atoms with Gasteiger partial charge in [-0.15, -0.1) is 0 Å². The molecular formula is C15H14F2N2O. The van der Waals surface area contributed by atoms with Gasteiger partial charge in [-0.3, -0.25) is 4.79 Å². The summed E-state index contributed by atoms with van der Waals surface area (Å²) >= 11 is 0. The van der Waals surface area contributed by atoms with E-state index in [1.807, 2.05) is 19.1 Å². The molecule has 0 aliphatic heterocycles. The third kappa shape index (κ3) is 2.52. The fraction of sp³-hybridized carbons (Fsp3) is 0.200. The summed E-state index contributed by atoms with van der Waals surface area (Å²) in [5.74, 6) is -3.07. The van der Waals surface area contributed by atoms with Gasteiger partial charge in [0.05, 0.1) is 5.56 Å². The van der Waals surface area contributed by atoms with Crippen molar-refractivity contribution in [1.29, 1.82) is 0 Å². The molecule has 0 spiro atoms. The highest BCUT2D eigenvalue weighted by Gasteiger charge is 2.22. The lowest BCUT2D eigenvalue weighted by Gasteiger charge is -2.23. The summed E-state index contributed by atoms with van der Waals surface area (Å²) in [6, 6.07) is 8.45. The van der Waals surface area contributed by atoms with Crippen LogP contribution >= 0.6 is 0 Å². The maximum absolute atomic E-state index is 13.7. The second-order valence-corrected chi connectivity index (χ2v) is 4.30. The van der Waals surface area contributed by atoms with E-state index >= 15 is 0 Å². The zero-order valence-corrected chi connectivity index (χ0v) is 11.2. The maximum atomic E-state index is 13.7. The summed E-state index contributed by atoms with van der Waals surface area (Å²) < 4.78 is 26.8. The smallest absolute Gasteiger partial charge is 0.261 e. The van der Waals surface area contributed by atoms with E-state index in [9.17, 15) is 13.6 Å². The first-order chi connectivity index (χ1) is 9.56. The molecule has 0 N–H and O–H groups in total. The van der Waals surface area contributed by atoms with Crippen LogP contribution in [-0.4, -0.2) is 17.4 Å². The summed E-state index contributed by atoms with van der Waals surface area (Å²) in [5, 5.41) is 0. The molecule has 1 amide bonds. The third-order valence-electron chi connectivity index (χ3n) is 3.04. The van der Waals surface area contributed by atoms with Gasteiger partial charge in [0.15, 0.2) is 5.82 Å². The molecule has 0 aliphatic rings. The first-order valence-corrected chi connectivity index (χ1v) is 6.23. The molecule has 0 atom stereocenters. The lowest BCUT2D eigenvalue weighted by molar-refractivity contribution is 0.0983. The van der Waals surface area contributed by atoms with E-state index in [2.05, 4.69) is 4.98 Å². The van der Waals surface area contributed by atoms with Crippen molar-refractivity contribution < 1.29 is 13.6 Å². The van der Waals surface area contributed by atoms with Gasteiger partial charge in [0.2, 0.25) is 5.95 Å². The number of hydrogen-bond acceptors (Lipinski definition) is 2. The predicted octanol–water partition coefficient (Wildman–Crippen LogP) is 3.33. The lowest BCUT2D eigenvalue weighted by Crippen LogP contribution is -2.32. The Balaban J connectivity index is 2.45. The quantitative estimate of drug-likeness (QED) is 0.806. The number of aryl methyl sites for hydroxylation is 1. The monoisotopic (exact) mass is 276 g/mol. The van der Waals surface area contributed by atoms with Crippen LogP contribution in [0.25, 0.3) is 0 Å². The van der Waals surface area contributed by atoms with Gasteiger partial charge in [-0.2, -0.15) is 4.39 Å². The molecule has 2 aromatic rings. The molecule has 0 aliphatic carbocycles. The van der Waals surface area contributed by atoms with Crippen LogP contribution in [0.2, 0.25) is 0 Å². The molecule has 0 fully saturated rings. The minimum atomic E-state index is -1.27. The number of hydrogen-bond donors (Lipinski definition) is 0. The van der Waals surface area contributed by atoms with Crippen molar-refractivity contribution in [2.45, 2.75) is 13.8 Å². The van der Waals surface area contributed by atoms with Crippen molar-refractivity contribution >= 4 is 11.6 Å². The van der Waals surface area contributed by atoms with Gasteiger partial charge in [0.1, 0.15) is 0 Å². The molecule has 1 aromatic carbocycles. The highest BCUT2D eigenvalue weighted by molar-refractivity contribution is 6.06.